The lowest BCUT2D eigenvalue weighted by Gasteiger charge is -2.29. The first-order valence-electron chi connectivity index (χ1n) is 12.7. The molecule has 7 nitrogen and oxygen atoms in total. The van der Waals surface area contributed by atoms with E-state index in [-0.39, 0.29) is 17.1 Å². The summed E-state index contributed by atoms with van der Waals surface area (Å²) in [6, 6.07) is 12.5. The predicted octanol–water partition coefficient (Wildman–Crippen LogP) is 5.00. The van der Waals surface area contributed by atoms with Crippen LogP contribution in [0.5, 0.6) is 5.75 Å². The van der Waals surface area contributed by atoms with E-state index in [9.17, 15) is 9.59 Å². The fourth-order valence-corrected chi connectivity index (χ4v) is 5.30. The van der Waals surface area contributed by atoms with Crippen LogP contribution >= 0.6 is 15.9 Å². The van der Waals surface area contributed by atoms with Gasteiger partial charge in [-0.2, -0.15) is 0 Å². The van der Waals surface area contributed by atoms with Crippen LogP contribution in [0.25, 0.3) is 11.0 Å². The summed E-state index contributed by atoms with van der Waals surface area (Å²) in [6.07, 6.45) is 2.86. The molecule has 0 spiro atoms. The molecule has 2 aromatic carbocycles. The first kappa shape index (κ1) is 25.0. The van der Waals surface area contributed by atoms with Crippen LogP contribution in [0.15, 0.2) is 56.1 Å². The van der Waals surface area contributed by atoms with Gasteiger partial charge in [-0.3, -0.25) is 14.5 Å². The third-order valence-electron chi connectivity index (χ3n) is 6.87. The molecule has 3 heterocycles. The number of morpholine rings is 1. The molecular formula is C28H31BrN2O5. The van der Waals surface area contributed by atoms with Gasteiger partial charge in [0.1, 0.15) is 11.3 Å². The molecule has 0 radical (unpaired) electrons. The summed E-state index contributed by atoms with van der Waals surface area (Å²) in [5.41, 5.74) is 1.54. The molecule has 0 aliphatic carbocycles. The van der Waals surface area contributed by atoms with Crippen molar-refractivity contribution in [2.75, 3.05) is 46.0 Å². The van der Waals surface area contributed by atoms with E-state index in [0.29, 0.717) is 29.7 Å². The van der Waals surface area contributed by atoms with Gasteiger partial charge >= 0.3 is 0 Å². The third kappa shape index (κ3) is 5.08. The maximum atomic E-state index is 13.7. The Kier molecular flexibility index (Phi) is 7.74. The van der Waals surface area contributed by atoms with Gasteiger partial charge in [0, 0.05) is 30.7 Å². The molecule has 1 aromatic heterocycles. The first-order chi connectivity index (χ1) is 17.6. The topological polar surface area (TPSA) is 72.2 Å². The summed E-state index contributed by atoms with van der Waals surface area (Å²) < 4.78 is 18.1. The lowest BCUT2D eigenvalue weighted by molar-refractivity contribution is 0.0353. The number of nitrogens with zero attached hydrogens (tertiary/aromatic N) is 2. The maximum Gasteiger partial charge on any atom is 0.290 e. The second kappa shape index (κ2) is 11.2. The zero-order chi connectivity index (χ0) is 25.1. The largest absolute Gasteiger partial charge is 0.494 e. The summed E-state index contributed by atoms with van der Waals surface area (Å²) in [5.74, 6) is 0.696. The second-order valence-corrected chi connectivity index (χ2v) is 10.2. The van der Waals surface area contributed by atoms with Crippen LogP contribution in [0, 0.1) is 0 Å². The summed E-state index contributed by atoms with van der Waals surface area (Å²) in [5, 5.41) is 0.468. The monoisotopic (exact) mass is 554 g/mol. The Hall–Kier alpha value is -2.68. The van der Waals surface area contributed by atoms with Gasteiger partial charge < -0.3 is 18.8 Å². The lowest BCUT2D eigenvalue weighted by atomic mass is 9.98. The second-order valence-electron chi connectivity index (χ2n) is 9.29. The highest BCUT2D eigenvalue weighted by Gasteiger charge is 2.42. The number of ether oxygens (including phenoxy) is 2. The fourth-order valence-electron chi connectivity index (χ4n) is 4.94. The third-order valence-corrected chi connectivity index (χ3v) is 7.36. The van der Waals surface area contributed by atoms with Crippen LogP contribution in [-0.4, -0.2) is 61.7 Å². The van der Waals surface area contributed by atoms with Gasteiger partial charge in [0.15, 0.2) is 5.43 Å². The van der Waals surface area contributed by atoms with Crippen molar-refractivity contribution in [1.82, 2.24) is 9.80 Å². The summed E-state index contributed by atoms with van der Waals surface area (Å²) in [6.45, 7) is 7.47. The molecule has 8 heteroatoms. The van der Waals surface area contributed by atoms with E-state index >= 15 is 0 Å². The Morgan fingerprint density at radius 2 is 1.81 bits per heavy atom. The summed E-state index contributed by atoms with van der Waals surface area (Å²) in [7, 11) is 0. The molecule has 0 bridgehead atoms. The Morgan fingerprint density at radius 1 is 1.03 bits per heavy atom. The van der Waals surface area contributed by atoms with Gasteiger partial charge in [0.2, 0.25) is 5.76 Å². The van der Waals surface area contributed by atoms with Crippen molar-refractivity contribution in [2.24, 2.45) is 0 Å². The molecule has 0 unspecified atom stereocenters. The normalized spacial score (nSPS) is 18.1. The van der Waals surface area contributed by atoms with Crippen LogP contribution < -0.4 is 10.2 Å². The molecule has 2 aliphatic rings. The first-order valence-corrected chi connectivity index (χ1v) is 13.5. The highest BCUT2D eigenvalue weighted by Crippen LogP contribution is 2.39. The predicted molar refractivity (Wildman–Crippen MR) is 142 cm³/mol. The molecule has 1 fully saturated rings. The van der Waals surface area contributed by atoms with Crippen molar-refractivity contribution in [3.8, 4) is 5.75 Å². The smallest absolute Gasteiger partial charge is 0.290 e. The molecule has 2 aliphatic heterocycles. The number of carbonyl (C=O) groups excluding carboxylic acids is 1. The van der Waals surface area contributed by atoms with Crippen molar-refractivity contribution in [3.63, 3.8) is 0 Å². The summed E-state index contributed by atoms with van der Waals surface area (Å²) in [4.78, 5) is 31.4. The molecule has 1 atom stereocenters. The molecule has 3 aromatic rings. The van der Waals surface area contributed by atoms with Crippen LogP contribution in [-0.2, 0) is 4.74 Å². The molecule has 190 valence electrons. The molecular weight excluding hydrogens is 524 g/mol. The number of hydrogen-bond acceptors (Lipinski definition) is 6. The van der Waals surface area contributed by atoms with Crippen molar-refractivity contribution in [3.05, 3.63) is 74.0 Å². The minimum absolute atomic E-state index is 0.148. The van der Waals surface area contributed by atoms with Gasteiger partial charge in [-0.25, -0.2) is 0 Å². The quantitative estimate of drug-likeness (QED) is 0.346. The van der Waals surface area contributed by atoms with E-state index in [1.165, 1.54) is 0 Å². The van der Waals surface area contributed by atoms with Crippen LogP contribution in [0.1, 0.15) is 53.9 Å². The number of unbranched alkanes of at least 4 members (excludes halogenated alkanes) is 1. The van der Waals surface area contributed by atoms with E-state index in [1.54, 1.807) is 17.0 Å². The van der Waals surface area contributed by atoms with E-state index in [0.717, 1.165) is 67.9 Å². The molecule has 0 N–H and O–H groups in total. The SMILES string of the molecule is CCCCOc1ccc([C@H]2c3c(oc4ccc(Br)cc4c3=O)C(=O)N2CCCN2CCOCC2)cc1. The maximum absolute atomic E-state index is 13.7. The number of carbonyl (C=O) groups is 1. The number of amides is 1. The van der Waals surface area contributed by atoms with Gasteiger partial charge in [-0.15, -0.1) is 0 Å². The van der Waals surface area contributed by atoms with E-state index in [1.807, 2.05) is 30.3 Å². The van der Waals surface area contributed by atoms with Crippen LogP contribution in [0.3, 0.4) is 0 Å². The molecule has 1 saturated heterocycles. The average molecular weight is 555 g/mol. The molecule has 1 amide bonds. The van der Waals surface area contributed by atoms with E-state index in [4.69, 9.17) is 13.9 Å². The van der Waals surface area contributed by atoms with E-state index in [2.05, 4.69) is 27.8 Å². The highest BCUT2D eigenvalue weighted by molar-refractivity contribution is 9.10. The molecule has 5 rings (SSSR count). The average Bonchev–Trinajstić information content (AvgIpc) is 3.17. The molecule has 0 saturated carbocycles. The zero-order valence-corrected chi connectivity index (χ0v) is 22.1. The number of rotatable bonds is 9. The Morgan fingerprint density at radius 3 is 2.56 bits per heavy atom. The number of fused-ring (bicyclic) bond motifs is 2. The Balaban J connectivity index is 1.48. The lowest BCUT2D eigenvalue weighted by Crippen LogP contribution is -2.38. The van der Waals surface area contributed by atoms with Gasteiger partial charge in [-0.1, -0.05) is 41.4 Å². The Labute approximate surface area is 219 Å². The standard InChI is InChI=1S/C28H31BrN2O5/c1-2-3-15-35-21-8-5-19(6-9-21)25-24-26(32)22-18-20(29)7-10-23(22)36-27(24)28(33)31(25)12-4-11-30-13-16-34-17-14-30/h5-10,18,25H,2-4,11-17H2,1H3/t25-/m0/s1. The van der Waals surface area contributed by atoms with E-state index < -0.39 is 6.04 Å². The number of benzene rings is 2. The van der Waals surface area contributed by atoms with Crippen LogP contribution in [0.2, 0.25) is 0 Å². The van der Waals surface area contributed by atoms with Gasteiger partial charge in [-0.05, 0) is 48.7 Å². The van der Waals surface area contributed by atoms with Gasteiger partial charge in [0.25, 0.3) is 5.91 Å². The van der Waals surface area contributed by atoms with Crippen molar-refractivity contribution < 1.29 is 18.7 Å². The zero-order valence-electron chi connectivity index (χ0n) is 20.5. The minimum atomic E-state index is -0.499. The number of halogens is 1. The highest BCUT2D eigenvalue weighted by atomic mass is 79.9. The van der Waals surface area contributed by atoms with Gasteiger partial charge in [0.05, 0.1) is 36.8 Å². The van der Waals surface area contributed by atoms with Crippen molar-refractivity contribution in [2.45, 2.75) is 32.2 Å². The minimum Gasteiger partial charge on any atom is -0.494 e. The number of hydrogen-bond donors (Lipinski definition) is 0. The van der Waals surface area contributed by atoms with Crippen LogP contribution in [0.4, 0.5) is 0 Å². The fraction of sp³-hybridized carbons (Fsp3) is 0.429. The Bertz CT molecular complexity index is 1280. The summed E-state index contributed by atoms with van der Waals surface area (Å²) >= 11 is 3.45. The van der Waals surface area contributed by atoms with Crippen molar-refractivity contribution in [1.29, 1.82) is 0 Å². The van der Waals surface area contributed by atoms with Crippen molar-refractivity contribution >= 4 is 32.8 Å². The molecule has 36 heavy (non-hydrogen) atoms.